The monoisotopic (exact) mass is 442 g/mol. The van der Waals surface area contributed by atoms with Crippen molar-refractivity contribution < 1.29 is 61.8 Å². The maximum Gasteiger partial charge on any atom is 0.460 e. The van der Waals surface area contributed by atoms with Gasteiger partial charge in [-0.3, -0.25) is 0 Å². The zero-order valence-electron chi connectivity index (χ0n) is 13.3. The number of halogens is 13. The van der Waals surface area contributed by atoms with Gasteiger partial charge in [-0.05, 0) is 30.6 Å². The van der Waals surface area contributed by atoms with Gasteiger partial charge in [0.05, 0.1) is 12.2 Å². The third-order valence-electron chi connectivity index (χ3n) is 5.75. The van der Waals surface area contributed by atoms with Gasteiger partial charge in [-0.2, -0.15) is 57.1 Å². The molecule has 1 saturated heterocycles. The Kier molecular flexibility index (Phi) is 4.35. The van der Waals surface area contributed by atoms with Crippen LogP contribution in [0.3, 0.4) is 0 Å². The van der Waals surface area contributed by atoms with E-state index in [0.717, 1.165) is 0 Å². The number of fused-ring (bicyclic) bond motifs is 5. The molecule has 2 saturated carbocycles. The van der Waals surface area contributed by atoms with Gasteiger partial charge in [-0.25, -0.2) is 0 Å². The summed E-state index contributed by atoms with van der Waals surface area (Å²) in [4.78, 5) is 0. The van der Waals surface area contributed by atoms with E-state index in [1.165, 1.54) is 0 Å². The molecule has 2 aliphatic carbocycles. The van der Waals surface area contributed by atoms with Gasteiger partial charge in [0.1, 0.15) is 0 Å². The molecule has 3 fully saturated rings. The fraction of sp³-hybridized carbons (Fsp3) is 1.00. The van der Waals surface area contributed by atoms with Crippen molar-refractivity contribution in [1.29, 1.82) is 0 Å². The highest BCUT2D eigenvalue weighted by molar-refractivity contribution is 5.14. The van der Waals surface area contributed by atoms with Gasteiger partial charge in [-0.15, -0.1) is 0 Å². The average molecular weight is 442 g/mol. The zero-order valence-corrected chi connectivity index (χ0v) is 13.3. The van der Waals surface area contributed by atoms with Gasteiger partial charge in [0.25, 0.3) is 0 Å². The summed E-state index contributed by atoms with van der Waals surface area (Å²) in [6.45, 7) is 0. The molecule has 5 unspecified atom stereocenters. The van der Waals surface area contributed by atoms with Crippen LogP contribution in [0, 0.1) is 17.8 Å². The lowest BCUT2D eigenvalue weighted by Crippen LogP contribution is -2.70. The molecule has 164 valence electrons. The van der Waals surface area contributed by atoms with E-state index in [2.05, 4.69) is 0 Å². The largest absolute Gasteiger partial charge is 0.460 e. The predicted molar refractivity (Wildman–Crippen MR) is 63.8 cm³/mol. The molecule has 1 nitrogen and oxygen atoms in total. The minimum absolute atomic E-state index is 0.155. The van der Waals surface area contributed by atoms with Crippen molar-refractivity contribution in [3.63, 3.8) is 0 Å². The van der Waals surface area contributed by atoms with Crippen LogP contribution in [0.25, 0.3) is 0 Å². The topological polar surface area (TPSA) is 12.5 Å². The van der Waals surface area contributed by atoms with Crippen molar-refractivity contribution >= 4 is 0 Å². The van der Waals surface area contributed by atoms with Crippen molar-refractivity contribution in [3.8, 4) is 0 Å². The number of ether oxygens (including phenoxy) is 1. The number of alkyl halides is 13. The summed E-state index contributed by atoms with van der Waals surface area (Å²) >= 11 is 0. The van der Waals surface area contributed by atoms with E-state index in [1.54, 1.807) is 0 Å². The molecule has 0 aromatic carbocycles. The molecule has 3 aliphatic rings. The number of epoxide rings is 1. The summed E-state index contributed by atoms with van der Waals surface area (Å²) < 4.78 is 175. The van der Waals surface area contributed by atoms with Crippen molar-refractivity contribution in [2.45, 2.75) is 67.3 Å². The Morgan fingerprint density at radius 3 is 1.54 bits per heavy atom. The lowest BCUT2D eigenvalue weighted by Gasteiger charge is -2.40. The maximum absolute atomic E-state index is 13.9. The molecular formula is C14H11F13O. The lowest BCUT2D eigenvalue weighted by atomic mass is 9.81. The predicted octanol–water partition coefficient (Wildman–Crippen LogP) is 5.54. The number of hydrogen-bond donors (Lipinski definition) is 0. The van der Waals surface area contributed by atoms with Gasteiger partial charge in [0.2, 0.25) is 0 Å². The van der Waals surface area contributed by atoms with Crippen LogP contribution in [-0.4, -0.2) is 48.0 Å². The van der Waals surface area contributed by atoms with Crippen LogP contribution in [0.1, 0.15) is 19.3 Å². The number of rotatable bonds is 6. The second kappa shape index (κ2) is 5.60. The SMILES string of the molecule is FC(F)(F)C(F)(F)C(F)(F)C(F)(F)C(F)(F)C(F)(F)CC1CC2CC1C1OC21. The normalized spacial score (nSPS) is 34.0. The van der Waals surface area contributed by atoms with Crippen molar-refractivity contribution in [2.75, 3.05) is 0 Å². The van der Waals surface area contributed by atoms with Crippen LogP contribution in [-0.2, 0) is 4.74 Å². The van der Waals surface area contributed by atoms with E-state index in [0.29, 0.717) is 0 Å². The first-order chi connectivity index (χ1) is 12.3. The highest BCUT2D eigenvalue weighted by atomic mass is 19.4. The first kappa shape index (κ1) is 21.8. The van der Waals surface area contributed by atoms with Gasteiger partial charge in [-0.1, -0.05) is 0 Å². The van der Waals surface area contributed by atoms with Crippen LogP contribution in [0.2, 0.25) is 0 Å². The third kappa shape index (κ3) is 2.57. The molecule has 5 atom stereocenters. The Balaban J connectivity index is 1.86. The van der Waals surface area contributed by atoms with Crippen LogP contribution in [0.5, 0.6) is 0 Å². The summed E-state index contributed by atoms with van der Waals surface area (Å²) in [7, 11) is 0. The standard InChI is InChI=1S/C14H11F13O/c15-9(16,3-5-1-4-2-6(5)8-7(4)28-8)10(17,18)11(19,20)12(21,22)13(23,24)14(25,26)27/h4-8H,1-3H2. The molecule has 28 heavy (non-hydrogen) atoms. The van der Waals surface area contributed by atoms with Crippen molar-refractivity contribution in [3.05, 3.63) is 0 Å². The Hall–Kier alpha value is -0.950. The minimum atomic E-state index is -7.83. The Bertz CT molecular complexity index is 640. The summed E-state index contributed by atoms with van der Waals surface area (Å²) in [6, 6.07) is 0. The van der Waals surface area contributed by atoms with E-state index in [-0.39, 0.29) is 24.9 Å². The van der Waals surface area contributed by atoms with Gasteiger partial charge in [0, 0.05) is 6.42 Å². The quantitative estimate of drug-likeness (QED) is 0.389. The van der Waals surface area contributed by atoms with Crippen LogP contribution in [0.4, 0.5) is 57.1 Å². The van der Waals surface area contributed by atoms with E-state index >= 15 is 0 Å². The van der Waals surface area contributed by atoms with Crippen molar-refractivity contribution in [1.82, 2.24) is 0 Å². The molecule has 14 heteroatoms. The fourth-order valence-electron chi connectivity index (χ4n) is 4.23. The molecule has 0 aromatic rings. The molecule has 0 spiro atoms. The molecule has 3 rings (SSSR count). The van der Waals surface area contributed by atoms with Crippen LogP contribution >= 0.6 is 0 Å². The minimum Gasteiger partial charge on any atom is -0.369 e. The molecule has 0 amide bonds. The summed E-state index contributed by atoms with van der Waals surface area (Å²) in [6.07, 6.45) is -10.2. The molecule has 2 bridgehead atoms. The summed E-state index contributed by atoms with van der Waals surface area (Å²) in [5.41, 5.74) is 0. The van der Waals surface area contributed by atoms with Crippen molar-refractivity contribution in [2.24, 2.45) is 17.8 Å². The first-order valence-electron chi connectivity index (χ1n) is 7.91. The first-order valence-corrected chi connectivity index (χ1v) is 7.91. The van der Waals surface area contributed by atoms with Gasteiger partial charge in [0.15, 0.2) is 0 Å². The smallest absolute Gasteiger partial charge is 0.369 e. The zero-order chi connectivity index (χ0) is 21.7. The second-order valence-electron chi connectivity index (χ2n) is 7.42. The molecular weight excluding hydrogens is 431 g/mol. The Morgan fingerprint density at radius 1 is 0.607 bits per heavy atom. The molecule has 1 heterocycles. The van der Waals surface area contributed by atoms with E-state index < -0.39 is 60.1 Å². The lowest BCUT2D eigenvalue weighted by molar-refractivity contribution is -0.440. The average Bonchev–Trinajstić information content (AvgIpc) is 3.12. The Labute approximate surface area is 148 Å². The Morgan fingerprint density at radius 2 is 1.11 bits per heavy atom. The third-order valence-corrected chi connectivity index (χ3v) is 5.75. The van der Waals surface area contributed by atoms with E-state index in [1.807, 2.05) is 0 Å². The van der Waals surface area contributed by atoms with Gasteiger partial charge >= 0.3 is 35.8 Å². The maximum atomic E-state index is 13.9. The van der Waals surface area contributed by atoms with Crippen LogP contribution < -0.4 is 0 Å². The highest BCUT2D eigenvalue weighted by Gasteiger charge is 2.90. The van der Waals surface area contributed by atoms with E-state index in [9.17, 15) is 57.1 Å². The van der Waals surface area contributed by atoms with Crippen LogP contribution in [0.15, 0.2) is 0 Å². The fourth-order valence-corrected chi connectivity index (χ4v) is 4.23. The molecule has 0 N–H and O–H groups in total. The second-order valence-corrected chi connectivity index (χ2v) is 7.42. The molecule has 0 aromatic heterocycles. The number of hydrogen-bond acceptors (Lipinski definition) is 1. The van der Waals surface area contributed by atoms with Gasteiger partial charge < -0.3 is 4.74 Å². The molecule has 0 radical (unpaired) electrons. The summed E-state index contributed by atoms with van der Waals surface area (Å²) in [5.74, 6) is -38.7. The molecule has 1 aliphatic heterocycles. The summed E-state index contributed by atoms with van der Waals surface area (Å²) in [5, 5.41) is 0. The van der Waals surface area contributed by atoms with E-state index in [4.69, 9.17) is 4.74 Å². The highest BCUT2D eigenvalue weighted by Crippen LogP contribution is 2.64.